The highest BCUT2D eigenvalue weighted by Crippen LogP contribution is 2.29. The average Bonchev–Trinajstić information content (AvgIpc) is 3.32. The molecule has 0 radical (unpaired) electrons. The number of ether oxygens (including phenoxy) is 3. The van der Waals surface area contributed by atoms with Crippen LogP contribution in [0.5, 0.6) is 11.5 Å². The topological polar surface area (TPSA) is 85.9 Å². The Morgan fingerprint density at radius 1 is 1.06 bits per heavy atom. The molecule has 0 bridgehead atoms. The Balaban J connectivity index is 1.57. The molecule has 0 saturated carbocycles. The summed E-state index contributed by atoms with van der Waals surface area (Å²) in [6.45, 7) is 6.16. The van der Waals surface area contributed by atoms with Gasteiger partial charge in [0.2, 0.25) is 5.91 Å². The van der Waals surface area contributed by atoms with Crippen molar-refractivity contribution in [3.05, 3.63) is 53.6 Å². The summed E-state index contributed by atoms with van der Waals surface area (Å²) in [7, 11) is 0. The second-order valence-electron chi connectivity index (χ2n) is 7.59. The zero-order valence-electron chi connectivity index (χ0n) is 18.8. The van der Waals surface area contributed by atoms with Gasteiger partial charge >= 0.3 is 0 Å². The number of hydrogen-bond donors (Lipinski definition) is 2. The van der Waals surface area contributed by atoms with Gasteiger partial charge in [-0.1, -0.05) is 18.2 Å². The number of para-hydroxylation sites is 1. The maximum absolute atomic E-state index is 12.6. The number of nitrogens with one attached hydrogen (secondary N) is 2. The van der Waals surface area contributed by atoms with Gasteiger partial charge < -0.3 is 24.8 Å². The van der Waals surface area contributed by atoms with Crippen LogP contribution in [0.15, 0.2) is 42.5 Å². The van der Waals surface area contributed by atoms with Crippen LogP contribution in [0.2, 0.25) is 0 Å². The first-order chi connectivity index (χ1) is 15.6. The van der Waals surface area contributed by atoms with Gasteiger partial charge in [-0.2, -0.15) is 0 Å². The second-order valence-corrected chi connectivity index (χ2v) is 7.59. The number of anilines is 1. The maximum atomic E-state index is 12.6. The Kier molecular flexibility index (Phi) is 8.92. The molecule has 1 fully saturated rings. The summed E-state index contributed by atoms with van der Waals surface area (Å²) in [5.74, 6) is 1.01. The molecule has 0 spiro atoms. The summed E-state index contributed by atoms with van der Waals surface area (Å²) in [6, 6.07) is 12.8. The average molecular weight is 441 g/mol. The molecule has 2 amide bonds. The lowest BCUT2D eigenvalue weighted by molar-refractivity contribution is -0.116. The fraction of sp³-hybridized carbons (Fsp3) is 0.440. The number of carbonyl (C=O) groups excluding carboxylic acids is 2. The van der Waals surface area contributed by atoms with Crippen molar-refractivity contribution in [3.8, 4) is 11.5 Å². The summed E-state index contributed by atoms with van der Waals surface area (Å²) in [6.07, 6.45) is 2.87. The van der Waals surface area contributed by atoms with Crippen LogP contribution >= 0.6 is 0 Å². The van der Waals surface area contributed by atoms with E-state index in [4.69, 9.17) is 14.2 Å². The normalized spacial score (nSPS) is 15.2. The monoisotopic (exact) mass is 440 g/mol. The molecule has 3 rings (SSSR count). The van der Waals surface area contributed by atoms with Gasteiger partial charge in [0.1, 0.15) is 0 Å². The van der Waals surface area contributed by atoms with Gasteiger partial charge in [-0.3, -0.25) is 9.59 Å². The molecule has 0 aliphatic carbocycles. The van der Waals surface area contributed by atoms with E-state index in [1.807, 2.05) is 32.0 Å². The van der Waals surface area contributed by atoms with Crippen molar-refractivity contribution >= 4 is 17.5 Å². The third kappa shape index (κ3) is 6.72. The molecular formula is C25H32N2O5. The Bertz CT molecular complexity index is 909. The smallest absolute Gasteiger partial charge is 0.253 e. The highest BCUT2D eigenvalue weighted by Gasteiger charge is 2.18. The highest BCUT2D eigenvalue weighted by atomic mass is 16.5. The molecular weight excluding hydrogens is 408 g/mol. The van der Waals surface area contributed by atoms with E-state index >= 15 is 0 Å². The molecule has 1 aliphatic rings. The number of carbonyl (C=O) groups is 2. The number of hydrogen-bond acceptors (Lipinski definition) is 5. The zero-order chi connectivity index (χ0) is 22.8. The summed E-state index contributed by atoms with van der Waals surface area (Å²) < 4.78 is 16.8. The van der Waals surface area contributed by atoms with Crippen molar-refractivity contribution in [2.75, 3.05) is 31.7 Å². The molecule has 0 unspecified atom stereocenters. The first kappa shape index (κ1) is 23.6. The molecule has 1 saturated heterocycles. The summed E-state index contributed by atoms with van der Waals surface area (Å²) >= 11 is 0. The maximum Gasteiger partial charge on any atom is 0.253 e. The second kappa shape index (κ2) is 12.1. The minimum Gasteiger partial charge on any atom is -0.490 e. The summed E-state index contributed by atoms with van der Waals surface area (Å²) in [5, 5.41) is 5.78. The van der Waals surface area contributed by atoms with Crippen LogP contribution in [0.1, 0.15) is 49.0 Å². The van der Waals surface area contributed by atoms with Gasteiger partial charge in [0.15, 0.2) is 11.5 Å². The number of amides is 2. The number of aryl methyl sites for hydroxylation is 1. The standard InChI is InChI=1S/C25H32N2O5/c1-3-30-22-13-11-18(16-23(22)31-4-2)12-14-24(28)27-21-10-6-5-9-20(21)25(29)26-17-19-8-7-15-32-19/h5-6,9-11,13,16,19H,3-4,7-8,12,14-15,17H2,1-2H3,(H,26,29)(H,27,28)/t19-/m0/s1. The fourth-order valence-corrected chi connectivity index (χ4v) is 3.62. The zero-order valence-corrected chi connectivity index (χ0v) is 18.8. The van der Waals surface area contributed by atoms with Crippen molar-refractivity contribution in [1.82, 2.24) is 5.32 Å². The first-order valence-electron chi connectivity index (χ1n) is 11.3. The molecule has 32 heavy (non-hydrogen) atoms. The lowest BCUT2D eigenvalue weighted by atomic mass is 10.1. The first-order valence-corrected chi connectivity index (χ1v) is 11.3. The van der Waals surface area contributed by atoms with E-state index in [0.717, 1.165) is 25.0 Å². The van der Waals surface area contributed by atoms with Crippen molar-refractivity contribution in [2.45, 2.75) is 45.6 Å². The van der Waals surface area contributed by atoms with Crippen molar-refractivity contribution in [1.29, 1.82) is 0 Å². The third-order valence-corrected chi connectivity index (χ3v) is 5.21. The van der Waals surface area contributed by atoms with Gasteiger partial charge in [0.25, 0.3) is 5.91 Å². The van der Waals surface area contributed by atoms with E-state index in [-0.39, 0.29) is 24.3 Å². The third-order valence-electron chi connectivity index (χ3n) is 5.21. The van der Waals surface area contributed by atoms with E-state index in [0.29, 0.717) is 48.9 Å². The number of benzene rings is 2. The molecule has 172 valence electrons. The van der Waals surface area contributed by atoms with Crippen LogP contribution in [0.4, 0.5) is 5.69 Å². The predicted octanol–water partition coefficient (Wildman–Crippen LogP) is 3.96. The SMILES string of the molecule is CCOc1ccc(CCC(=O)Nc2ccccc2C(=O)NC[C@@H]2CCCO2)cc1OCC. The quantitative estimate of drug-likeness (QED) is 0.552. The van der Waals surface area contributed by atoms with Crippen LogP contribution in [0.25, 0.3) is 0 Å². The molecule has 1 aliphatic heterocycles. The van der Waals surface area contributed by atoms with Gasteiger partial charge in [0, 0.05) is 19.6 Å². The summed E-state index contributed by atoms with van der Waals surface area (Å²) in [5.41, 5.74) is 1.93. The fourth-order valence-electron chi connectivity index (χ4n) is 3.62. The van der Waals surface area contributed by atoms with Crippen molar-refractivity contribution in [2.24, 2.45) is 0 Å². The van der Waals surface area contributed by atoms with Crippen LogP contribution in [-0.2, 0) is 16.0 Å². The Morgan fingerprint density at radius 3 is 2.59 bits per heavy atom. The van der Waals surface area contributed by atoms with E-state index in [2.05, 4.69) is 10.6 Å². The molecule has 2 aromatic carbocycles. The molecule has 7 heteroatoms. The Labute approximate surface area is 189 Å². The Hall–Kier alpha value is -3.06. The van der Waals surface area contributed by atoms with E-state index in [1.54, 1.807) is 24.3 Å². The van der Waals surface area contributed by atoms with Crippen LogP contribution in [-0.4, -0.2) is 44.3 Å². The highest BCUT2D eigenvalue weighted by molar-refractivity contribution is 6.03. The van der Waals surface area contributed by atoms with Crippen LogP contribution in [0, 0.1) is 0 Å². The molecule has 2 aromatic rings. The van der Waals surface area contributed by atoms with Gasteiger partial charge in [-0.15, -0.1) is 0 Å². The van der Waals surface area contributed by atoms with E-state index in [9.17, 15) is 9.59 Å². The van der Waals surface area contributed by atoms with Crippen molar-refractivity contribution < 1.29 is 23.8 Å². The van der Waals surface area contributed by atoms with Crippen LogP contribution < -0.4 is 20.1 Å². The molecule has 1 heterocycles. The van der Waals surface area contributed by atoms with Gasteiger partial charge in [0.05, 0.1) is 30.6 Å². The number of rotatable bonds is 11. The van der Waals surface area contributed by atoms with Gasteiger partial charge in [-0.05, 0) is 62.9 Å². The lowest BCUT2D eigenvalue weighted by Gasteiger charge is -2.14. The molecule has 7 nitrogen and oxygen atoms in total. The van der Waals surface area contributed by atoms with Gasteiger partial charge in [-0.25, -0.2) is 0 Å². The molecule has 0 aromatic heterocycles. The van der Waals surface area contributed by atoms with E-state index < -0.39 is 0 Å². The minimum absolute atomic E-state index is 0.0661. The Morgan fingerprint density at radius 2 is 1.84 bits per heavy atom. The predicted molar refractivity (Wildman–Crippen MR) is 123 cm³/mol. The summed E-state index contributed by atoms with van der Waals surface area (Å²) in [4.78, 5) is 25.2. The lowest BCUT2D eigenvalue weighted by Crippen LogP contribution is -2.32. The van der Waals surface area contributed by atoms with Crippen molar-refractivity contribution in [3.63, 3.8) is 0 Å². The molecule has 1 atom stereocenters. The van der Waals surface area contributed by atoms with E-state index in [1.165, 1.54) is 0 Å². The minimum atomic E-state index is -0.218. The van der Waals surface area contributed by atoms with Crippen LogP contribution in [0.3, 0.4) is 0 Å². The molecule has 2 N–H and O–H groups in total. The largest absolute Gasteiger partial charge is 0.490 e.